The quantitative estimate of drug-likeness (QED) is 0.787. The fourth-order valence-corrected chi connectivity index (χ4v) is 3.54. The van der Waals surface area contributed by atoms with Gasteiger partial charge >= 0.3 is 0 Å². The largest absolute Gasteiger partial charge is 0.378 e. The molecule has 0 aromatic heterocycles. The van der Waals surface area contributed by atoms with Crippen molar-refractivity contribution in [3.05, 3.63) is 0 Å². The molecule has 0 radical (unpaired) electrons. The van der Waals surface area contributed by atoms with E-state index in [2.05, 4.69) is 5.32 Å². The summed E-state index contributed by atoms with van der Waals surface area (Å²) in [5.74, 6) is 0.690. The summed E-state index contributed by atoms with van der Waals surface area (Å²) in [5, 5.41) is 3.20. The summed E-state index contributed by atoms with van der Waals surface area (Å²) in [6, 6.07) is 0. The van der Waals surface area contributed by atoms with E-state index in [9.17, 15) is 4.79 Å². The summed E-state index contributed by atoms with van der Waals surface area (Å²) < 4.78 is 5.66. The standard InChI is InChI=1S/C15H26ClNO2/c16-12-15(9-3-1-4-10-15)17-14(18)8-7-13-6-2-5-11-19-13/h13H,1-12H2,(H,17,18). The molecule has 2 fully saturated rings. The lowest BCUT2D eigenvalue weighted by molar-refractivity contribution is -0.124. The third kappa shape index (κ3) is 4.64. The predicted molar refractivity (Wildman–Crippen MR) is 77.5 cm³/mol. The second kappa shape index (κ2) is 7.49. The highest BCUT2D eigenvalue weighted by atomic mass is 35.5. The molecule has 1 unspecified atom stereocenters. The Hall–Kier alpha value is -0.280. The summed E-state index contributed by atoms with van der Waals surface area (Å²) in [6.45, 7) is 0.859. The van der Waals surface area contributed by atoms with Crippen LogP contribution in [0.3, 0.4) is 0 Å². The van der Waals surface area contributed by atoms with Crippen molar-refractivity contribution in [3.63, 3.8) is 0 Å². The van der Waals surface area contributed by atoms with Crippen LogP contribution in [0.25, 0.3) is 0 Å². The number of hydrogen-bond donors (Lipinski definition) is 1. The first-order chi connectivity index (χ1) is 9.24. The first-order valence-electron chi connectivity index (χ1n) is 7.73. The van der Waals surface area contributed by atoms with Gasteiger partial charge in [-0.1, -0.05) is 19.3 Å². The average Bonchev–Trinajstić information content (AvgIpc) is 2.47. The molecule has 0 aromatic carbocycles. The second-order valence-electron chi connectivity index (χ2n) is 6.05. The number of ether oxygens (including phenoxy) is 1. The Morgan fingerprint density at radius 1 is 1.21 bits per heavy atom. The highest BCUT2D eigenvalue weighted by Gasteiger charge is 2.32. The molecule has 1 N–H and O–H groups in total. The van der Waals surface area contributed by atoms with Crippen molar-refractivity contribution < 1.29 is 9.53 Å². The minimum Gasteiger partial charge on any atom is -0.378 e. The number of alkyl halides is 1. The van der Waals surface area contributed by atoms with E-state index in [0.717, 1.165) is 38.7 Å². The summed E-state index contributed by atoms with van der Waals surface area (Å²) >= 11 is 6.09. The highest BCUT2D eigenvalue weighted by molar-refractivity contribution is 6.18. The van der Waals surface area contributed by atoms with Gasteiger partial charge in [0.25, 0.3) is 0 Å². The number of halogens is 1. The van der Waals surface area contributed by atoms with E-state index in [1.807, 2.05) is 0 Å². The Bertz CT molecular complexity index is 284. The predicted octanol–water partition coefficient (Wildman–Crippen LogP) is 3.39. The van der Waals surface area contributed by atoms with Crippen LogP contribution in [0.5, 0.6) is 0 Å². The van der Waals surface area contributed by atoms with E-state index >= 15 is 0 Å². The van der Waals surface area contributed by atoms with Gasteiger partial charge in [-0.15, -0.1) is 11.6 Å². The molecule has 1 aliphatic carbocycles. The molecule has 110 valence electrons. The van der Waals surface area contributed by atoms with Crippen molar-refractivity contribution in [3.8, 4) is 0 Å². The Balaban J connectivity index is 1.72. The Morgan fingerprint density at radius 2 is 2.00 bits per heavy atom. The molecule has 0 aromatic rings. The fraction of sp³-hybridized carbons (Fsp3) is 0.933. The normalized spacial score (nSPS) is 26.9. The first-order valence-corrected chi connectivity index (χ1v) is 8.26. The molecule has 1 atom stereocenters. The van der Waals surface area contributed by atoms with E-state index in [1.54, 1.807) is 0 Å². The number of amides is 1. The van der Waals surface area contributed by atoms with Crippen LogP contribution in [0.2, 0.25) is 0 Å². The second-order valence-corrected chi connectivity index (χ2v) is 6.32. The molecule has 1 amide bonds. The molecule has 4 heteroatoms. The molecular weight excluding hydrogens is 262 g/mol. The maximum absolute atomic E-state index is 12.1. The van der Waals surface area contributed by atoms with Gasteiger partial charge in [-0.3, -0.25) is 4.79 Å². The van der Waals surface area contributed by atoms with Gasteiger partial charge < -0.3 is 10.1 Å². The zero-order chi connectivity index (χ0) is 13.6. The van der Waals surface area contributed by atoms with Crippen LogP contribution in [0, 0.1) is 0 Å². The van der Waals surface area contributed by atoms with Gasteiger partial charge in [0.05, 0.1) is 11.6 Å². The molecule has 0 spiro atoms. The summed E-state index contributed by atoms with van der Waals surface area (Å²) in [4.78, 5) is 12.1. The monoisotopic (exact) mass is 287 g/mol. The maximum atomic E-state index is 12.1. The van der Waals surface area contributed by atoms with Crippen LogP contribution in [0.15, 0.2) is 0 Å². The molecule has 19 heavy (non-hydrogen) atoms. The van der Waals surface area contributed by atoms with Crippen molar-refractivity contribution in [1.82, 2.24) is 5.32 Å². The molecular formula is C15H26ClNO2. The van der Waals surface area contributed by atoms with Gasteiger partial charge in [0.15, 0.2) is 0 Å². The third-order valence-corrected chi connectivity index (χ3v) is 4.95. The molecule has 1 heterocycles. The molecule has 1 saturated carbocycles. The lowest BCUT2D eigenvalue weighted by Gasteiger charge is -2.36. The van der Waals surface area contributed by atoms with Crippen LogP contribution in [0.1, 0.15) is 64.2 Å². The molecule has 1 aliphatic heterocycles. The lowest BCUT2D eigenvalue weighted by atomic mass is 9.83. The minimum atomic E-state index is -0.135. The van der Waals surface area contributed by atoms with Crippen molar-refractivity contribution >= 4 is 17.5 Å². The first kappa shape index (κ1) is 15.1. The van der Waals surface area contributed by atoms with E-state index in [1.165, 1.54) is 25.7 Å². The third-order valence-electron chi connectivity index (χ3n) is 4.44. The Morgan fingerprint density at radius 3 is 2.63 bits per heavy atom. The van der Waals surface area contributed by atoms with Crippen LogP contribution in [-0.4, -0.2) is 30.0 Å². The molecule has 2 rings (SSSR count). The molecule has 1 saturated heterocycles. The van der Waals surface area contributed by atoms with Crippen molar-refractivity contribution in [2.24, 2.45) is 0 Å². The topological polar surface area (TPSA) is 38.3 Å². The van der Waals surface area contributed by atoms with Gasteiger partial charge in [0.2, 0.25) is 5.91 Å². The van der Waals surface area contributed by atoms with Crippen LogP contribution >= 0.6 is 11.6 Å². The van der Waals surface area contributed by atoms with Crippen molar-refractivity contribution in [2.45, 2.75) is 75.9 Å². The van der Waals surface area contributed by atoms with Crippen LogP contribution in [0.4, 0.5) is 0 Å². The smallest absolute Gasteiger partial charge is 0.220 e. The number of carbonyl (C=O) groups excluding carboxylic acids is 1. The van der Waals surface area contributed by atoms with Gasteiger partial charge in [-0.2, -0.15) is 0 Å². The fourth-order valence-electron chi connectivity index (χ4n) is 3.21. The van der Waals surface area contributed by atoms with E-state index in [-0.39, 0.29) is 17.6 Å². The number of carbonyl (C=O) groups is 1. The highest BCUT2D eigenvalue weighted by Crippen LogP contribution is 2.29. The van der Waals surface area contributed by atoms with Crippen LogP contribution in [-0.2, 0) is 9.53 Å². The Kier molecular flexibility index (Phi) is 5.96. The summed E-state index contributed by atoms with van der Waals surface area (Å²) in [5.41, 5.74) is -0.135. The summed E-state index contributed by atoms with van der Waals surface area (Å²) in [6.07, 6.45) is 10.9. The van der Waals surface area contributed by atoms with E-state index in [0.29, 0.717) is 12.3 Å². The van der Waals surface area contributed by atoms with E-state index < -0.39 is 0 Å². The summed E-state index contributed by atoms with van der Waals surface area (Å²) in [7, 11) is 0. The molecule has 3 nitrogen and oxygen atoms in total. The number of hydrogen-bond acceptors (Lipinski definition) is 2. The molecule has 0 bridgehead atoms. The Labute approximate surface area is 121 Å². The molecule has 2 aliphatic rings. The maximum Gasteiger partial charge on any atom is 0.220 e. The van der Waals surface area contributed by atoms with Gasteiger partial charge in [-0.05, 0) is 38.5 Å². The minimum absolute atomic E-state index is 0.135. The average molecular weight is 288 g/mol. The van der Waals surface area contributed by atoms with Crippen LogP contribution < -0.4 is 5.32 Å². The van der Waals surface area contributed by atoms with Gasteiger partial charge in [0, 0.05) is 18.9 Å². The van der Waals surface area contributed by atoms with Gasteiger partial charge in [-0.25, -0.2) is 0 Å². The van der Waals surface area contributed by atoms with E-state index in [4.69, 9.17) is 16.3 Å². The lowest BCUT2D eigenvalue weighted by Crippen LogP contribution is -2.51. The number of rotatable bonds is 5. The SMILES string of the molecule is O=C(CCC1CCCCO1)NC1(CCl)CCCCC1. The van der Waals surface area contributed by atoms with Gasteiger partial charge in [0.1, 0.15) is 0 Å². The zero-order valence-electron chi connectivity index (χ0n) is 11.8. The van der Waals surface area contributed by atoms with Crippen molar-refractivity contribution in [1.29, 1.82) is 0 Å². The zero-order valence-corrected chi connectivity index (χ0v) is 12.5. The van der Waals surface area contributed by atoms with Crippen molar-refractivity contribution in [2.75, 3.05) is 12.5 Å². The number of nitrogens with one attached hydrogen (secondary N) is 1.